The third-order valence-electron chi connectivity index (χ3n) is 3.06. The van der Waals surface area contributed by atoms with Crippen molar-refractivity contribution in [3.63, 3.8) is 0 Å². The highest BCUT2D eigenvalue weighted by Gasteiger charge is 2.15. The number of aromatic carboxylic acids is 1. The molecule has 114 valence electrons. The van der Waals surface area contributed by atoms with Crippen molar-refractivity contribution < 1.29 is 24.5 Å². The van der Waals surface area contributed by atoms with Gasteiger partial charge in [0.05, 0.1) is 6.61 Å². The number of hydrogen-bond donors (Lipinski definition) is 2. The Hall–Kier alpha value is -2.82. The molecule has 0 fully saturated rings. The van der Waals surface area contributed by atoms with E-state index in [9.17, 15) is 14.7 Å². The Morgan fingerprint density at radius 3 is 2.45 bits per heavy atom. The zero-order chi connectivity index (χ0) is 16.1. The van der Waals surface area contributed by atoms with Gasteiger partial charge in [-0.15, -0.1) is 0 Å². The van der Waals surface area contributed by atoms with Gasteiger partial charge in [0.15, 0.2) is 5.78 Å². The fourth-order valence-electron chi connectivity index (χ4n) is 1.97. The first-order valence-electron chi connectivity index (χ1n) is 6.86. The van der Waals surface area contributed by atoms with Crippen LogP contribution in [-0.2, 0) is 0 Å². The van der Waals surface area contributed by atoms with Gasteiger partial charge in [-0.05, 0) is 36.8 Å². The summed E-state index contributed by atoms with van der Waals surface area (Å²) in [4.78, 5) is 23.2. The molecule has 0 aromatic heterocycles. The molecule has 0 saturated carbocycles. The summed E-state index contributed by atoms with van der Waals surface area (Å²) in [6.07, 6.45) is 0.864. The summed E-state index contributed by atoms with van der Waals surface area (Å²) >= 11 is 0. The van der Waals surface area contributed by atoms with Gasteiger partial charge >= 0.3 is 5.97 Å². The maximum atomic E-state index is 12.4. The van der Waals surface area contributed by atoms with Crippen molar-refractivity contribution in [2.45, 2.75) is 13.3 Å². The Morgan fingerprint density at radius 2 is 1.82 bits per heavy atom. The van der Waals surface area contributed by atoms with Crippen LogP contribution in [0.15, 0.2) is 42.5 Å². The second-order valence-electron chi connectivity index (χ2n) is 4.74. The van der Waals surface area contributed by atoms with Gasteiger partial charge in [0, 0.05) is 11.1 Å². The lowest BCUT2D eigenvalue weighted by atomic mass is 10.0. The molecule has 0 atom stereocenters. The van der Waals surface area contributed by atoms with Gasteiger partial charge in [0.25, 0.3) is 0 Å². The van der Waals surface area contributed by atoms with Crippen molar-refractivity contribution in [3.8, 4) is 11.5 Å². The van der Waals surface area contributed by atoms with Gasteiger partial charge < -0.3 is 14.9 Å². The van der Waals surface area contributed by atoms with Crippen molar-refractivity contribution in [1.29, 1.82) is 0 Å². The number of rotatable bonds is 6. The first-order valence-corrected chi connectivity index (χ1v) is 6.86. The monoisotopic (exact) mass is 300 g/mol. The molecule has 5 nitrogen and oxygen atoms in total. The van der Waals surface area contributed by atoms with E-state index in [-0.39, 0.29) is 16.9 Å². The normalized spacial score (nSPS) is 10.2. The highest BCUT2D eigenvalue weighted by atomic mass is 16.5. The van der Waals surface area contributed by atoms with Crippen LogP contribution < -0.4 is 4.74 Å². The Morgan fingerprint density at radius 1 is 1.09 bits per heavy atom. The molecule has 22 heavy (non-hydrogen) atoms. The van der Waals surface area contributed by atoms with Gasteiger partial charge in [-0.3, -0.25) is 4.79 Å². The van der Waals surface area contributed by atoms with E-state index in [1.54, 1.807) is 24.3 Å². The Kier molecular flexibility index (Phi) is 4.78. The fraction of sp³-hybridized carbons (Fsp3) is 0.176. The summed E-state index contributed by atoms with van der Waals surface area (Å²) in [5.74, 6) is -1.39. The van der Waals surface area contributed by atoms with Crippen LogP contribution in [0, 0.1) is 0 Å². The summed E-state index contributed by atoms with van der Waals surface area (Å²) in [5.41, 5.74) is 0.391. The second-order valence-corrected chi connectivity index (χ2v) is 4.74. The maximum absolute atomic E-state index is 12.4. The zero-order valence-electron chi connectivity index (χ0n) is 12.1. The number of carboxylic acid groups (broad SMARTS) is 1. The van der Waals surface area contributed by atoms with Crippen molar-refractivity contribution in [2.24, 2.45) is 0 Å². The van der Waals surface area contributed by atoms with Crippen LogP contribution in [0.5, 0.6) is 11.5 Å². The lowest BCUT2D eigenvalue weighted by molar-refractivity contribution is 0.0693. The Labute approximate surface area is 127 Å². The maximum Gasteiger partial charge on any atom is 0.339 e. The van der Waals surface area contributed by atoms with Crippen molar-refractivity contribution in [2.75, 3.05) is 6.61 Å². The number of aromatic hydroxyl groups is 1. The summed E-state index contributed by atoms with van der Waals surface area (Å²) in [5, 5.41) is 18.5. The molecule has 0 heterocycles. The molecule has 0 unspecified atom stereocenters. The summed E-state index contributed by atoms with van der Waals surface area (Å²) in [7, 11) is 0. The number of carbonyl (C=O) groups excluding carboxylic acids is 1. The van der Waals surface area contributed by atoms with E-state index in [0.717, 1.165) is 12.5 Å². The SMILES string of the molecule is CCCOc1cccc(C(=O)c2ccc(C(=O)O)c(O)c2)c1. The van der Waals surface area contributed by atoms with E-state index in [1.807, 2.05) is 6.92 Å². The third-order valence-corrected chi connectivity index (χ3v) is 3.06. The fourth-order valence-corrected chi connectivity index (χ4v) is 1.97. The van der Waals surface area contributed by atoms with Crippen molar-refractivity contribution in [3.05, 3.63) is 59.2 Å². The van der Waals surface area contributed by atoms with Gasteiger partial charge in [0.1, 0.15) is 17.1 Å². The molecule has 0 amide bonds. The second kappa shape index (κ2) is 6.76. The van der Waals surface area contributed by atoms with Crippen LogP contribution in [0.4, 0.5) is 0 Å². The highest BCUT2D eigenvalue weighted by Crippen LogP contribution is 2.22. The predicted octanol–water partition coefficient (Wildman–Crippen LogP) is 3.11. The van der Waals surface area contributed by atoms with Gasteiger partial charge in [0.2, 0.25) is 0 Å². The molecule has 2 rings (SSSR count). The van der Waals surface area contributed by atoms with Gasteiger partial charge in [-0.2, -0.15) is 0 Å². The molecule has 0 aliphatic carbocycles. The largest absolute Gasteiger partial charge is 0.507 e. The average molecular weight is 300 g/mol. The van der Waals surface area contributed by atoms with Crippen LogP contribution in [0.2, 0.25) is 0 Å². The lowest BCUT2D eigenvalue weighted by Crippen LogP contribution is -2.04. The van der Waals surface area contributed by atoms with Crippen molar-refractivity contribution in [1.82, 2.24) is 0 Å². The molecule has 2 N–H and O–H groups in total. The smallest absolute Gasteiger partial charge is 0.339 e. The standard InChI is InChI=1S/C17H16O5/c1-2-8-22-13-5-3-4-11(9-13)16(19)12-6-7-14(17(20)21)15(18)10-12/h3-7,9-10,18H,2,8H2,1H3,(H,20,21). The molecule has 0 bridgehead atoms. The molecule has 0 aliphatic heterocycles. The van der Waals surface area contributed by atoms with E-state index in [4.69, 9.17) is 9.84 Å². The number of ketones is 1. The molecular weight excluding hydrogens is 284 g/mol. The molecule has 0 saturated heterocycles. The van der Waals surface area contributed by atoms with E-state index in [2.05, 4.69) is 0 Å². The van der Waals surface area contributed by atoms with Crippen molar-refractivity contribution >= 4 is 11.8 Å². The van der Waals surface area contributed by atoms with Crippen LogP contribution in [0.3, 0.4) is 0 Å². The van der Waals surface area contributed by atoms with Gasteiger partial charge in [-0.1, -0.05) is 19.1 Å². The first kappa shape index (κ1) is 15.6. The first-order chi connectivity index (χ1) is 10.5. The minimum atomic E-state index is -1.24. The molecule has 5 heteroatoms. The van der Waals surface area contributed by atoms with E-state index in [0.29, 0.717) is 17.9 Å². The van der Waals surface area contributed by atoms with Crippen LogP contribution >= 0.6 is 0 Å². The molecule has 2 aromatic rings. The zero-order valence-corrected chi connectivity index (χ0v) is 12.1. The number of hydrogen-bond acceptors (Lipinski definition) is 4. The number of carboxylic acids is 1. The quantitative estimate of drug-likeness (QED) is 0.801. The van der Waals surface area contributed by atoms with Gasteiger partial charge in [-0.25, -0.2) is 4.79 Å². The molecule has 0 spiro atoms. The number of benzene rings is 2. The van der Waals surface area contributed by atoms with E-state index >= 15 is 0 Å². The molecule has 0 radical (unpaired) electrons. The van der Waals surface area contributed by atoms with Crippen LogP contribution in [0.25, 0.3) is 0 Å². The molecular formula is C17H16O5. The minimum absolute atomic E-state index is 0.218. The predicted molar refractivity (Wildman–Crippen MR) is 80.7 cm³/mol. The Balaban J connectivity index is 2.28. The van der Waals surface area contributed by atoms with E-state index in [1.165, 1.54) is 12.1 Å². The number of carbonyl (C=O) groups is 2. The van der Waals surface area contributed by atoms with E-state index < -0.39 is 11.7 Å². The lowest BCUT2D eigenvalue weighted by Gasteiger charge is -2.07. The molecule has 0 aliphatic rings. The highest BCUT2D eigenvalue weighted by molar-refractivity contribution is 6.10. The van der Waals surface area contributed by atoms with Crippen LogP contribution in [-0.4, -0.2) is 28.6 Å². The minimum Gasteiger partial charge on any atom is -0.507 e. The summed E-state index contributed by atoms with van der Waals surface area (Å²) < 4.78 is 5.48. The Bertz CT molecular complexity index is 706. The molecule has 2 aromatic carbocycles. The number of ether oxygens (including phenoxy) is 1. The summed E-state index contributed by atoms with van der Waals surface area (Å²) in [6, 6.07) is 10.5. The summed E-state index contributed by atoms with van der Waals surface area (Å²) in [6.45, 7) is 2.55. The topological polar surface area (TPSA) is 83.8 Å². The third kappa shape index (κ3) is 3.44. The van der Waals surface area contributed by atoms with Crippen LogP contribution in [0.1, 0.15) is 39.6 Å². The number of phenols is 1. The average Bonchev–Trinajstić information content (AvgIpc) is 2.52.